The van der Waals surface area contributed by atoms with Gasteiger partial charge in [-0.1, -0.05) is 66.7 Å². The number of morpholine rings is 1. The van der Waals surface area contributed by atoms with E-state index in [4.69, 9.17) is 9.47 Å². The predicted molar refractivity (Wildman–Crippen MR) is 115 cm³/mol. The number of rotatable bonds is 6. The van der Waals surface area contributed by atoms with Gasteiger partial charge in [0.1, 0.15) is 17.5 Å². The molecule has 0 radical (unpaired) electrons. The van der Waals surface area contributed by atoms with Crippen LogP contribution in [0.4, 0.5) is 0 Å². The second-order valence-corrected chi connectivity index (χ2v) is 7.42. The zero-order valence-electron chi connectivity index (χ0n) is 16.7. The molecule has 1 aliphatic heterocycles. The van der Waals surface area contributed by atoms with E-state index in [-0.39, 0.29) is 6.10 Å². The van der Waals surface area contributed by atoms with Crippen molar-refractivity contribution in [2.45, 2.75) is 18.1 Å². The summed E-state index contributed by atoms with van der Waals surface area (Å²) in [4.78, 5) is 0. The maximum absolute atomic E-state index is 11.9. The highest BCUT2D eigenvalue weighted by Gasteiger charge is 2.40. The number of hydrogen-bond donors (Lipinski definition) is 2. The van der Waals surface area contributed by atoms with Crippen LogP contribution in [0.3, 0.4) is 0 Å². The molecular formula is C25H27NO3. The van der Waals surface area contributed by atoms with Gasteiger partial charge in [0.2, 0.25) is 0 Å². The lowest BCUT2D eigenvalue weighted by Crippen LogP contribution is -2.52. The van der Waals surface area contributed by atoms with Crippen molar-refractivity contribution in [2.75, 3.05) is 26.8 Å². The quantitative estimate of drug-likeness (QED) is 0.674. The molecule has 0 bridgehead atoms. The third kappa shape index (κ3) is 4.20. The lowest BCUT2D eigenvalue weighted by molar-refractivity contribution is -0.124. The average Bonchev–Trinajstić information content (AvgIpc) is 2.80. The molecule has 0 saturated carbocycles. The molecule has 3 aromatic carbocycles. The van der Waals surface area contributed by atoms with Crippen LogP contribution in [0.25, 0.3) is 11.1 Å². The molecular weight excluding hydrogens is 362 g/mol. The van der Waals surface area contributed by atoms with Gasteiger partial charge in [0.25, 0.3) is 0 Å². The van der Waals surface area contributed by atoms with Gasteiger partial charge in [-0.3, -0.25) is 0 Å². The standard InChI is InChI=1S/C25H27NO3/c1-28-22-12-7-9-19(16-22)23-13-6-5-8-20(23)17-25(27,21-10-3-2-4-11-21)24-18-26-14-15-29-24/h2-13,16,24,26-27H,14-15,17-18H2,1H3. The van der Waals surface area contributed by atoms with Crippen molar-refractivity contribution in [3.8, 4) is 16.9 Å². The van der Waals surface area contributed by atoms with Gasteiger partial charge in [-0.25, -0.2) is 0 Å². The Bertz CT molecular complexity index is 938. The van der Waals surface area contributed by atoms with E-state index in [1.807, 2.05) is 60.7 Å². The average molecular weight is 389 g/mol. The molecule has 0 aromatic heterocycles. The number of nitrogens with one attached hydrogen (secondary N) is 1. The minimum atomic E-state index is -1.14. The first-order valence-corrected chi connectivity index (χ1v) is 10.0. The Morgan fingerprint density at radius 2 is 1.83 bits per heavy atom. The molecule has 4 rings (SSSR count). The molecule has 150 valence electrons. The monoisotopic (exact) mass is 389 g/mol. The Morgan fingerprint density at radius 1 is 1.03 bits per heavy atom. The van der Waals surface area contributed by atoms with E-state index in [1.165, 1.54) is 0 Å². The van der Waals surface area contributed by atoms with Crippen LogP contribution in [0.5, 0.6) is 5.75 Å². The summed E-state index contributed by atoms with van der Waals surface area (Å²) in [6, 6.07) is 26.1. The molecule has 29 heavy (non-hydrogen) atoms. The number of hydrogen-bond acceptors (Lipinski definition) is 4. The molecule has 4 nitrogen and oxygen atoms in total. The summed E-state index contributed by atoms with van der Waals surface area (Å²) in [7, 11) is 1.67. The van der Waals surface area contributed by atoms with E-state index < -0.39 is 5.60 Å². The second-order valence-electron chi connectivity index (χ2n) is 7.42. The molecule has 4 heteroatoms. The topological polar surface area (TPSA) is 50.7 Å². The van der Waals surface area contributed by atoms with E-state index in [0.29, 0.717) is 19.6 Å². The van der Waals surface area contributed by atoms with Crippen LogP contribution in [0.15, 0.2) is 78.9 Å². The van der Waals surface area contributed by atoms with Crippen molar-refractivity contribution >= 4 is 0 Å². The summed E-state index contributed by atoms with van der Waals surface area (Å²) in [5.74, 6) is 0.815. The molecule has 0 amide bonds. The van der Waals surface area contributed by atoms with Gasteiger partial charge in [-0.05, 0) is 34.4 Å². The summed E-state index contributed by atoms with van der Waals surface area (Å²) in [6.07, 6.45) is 0.133. The summed E-state index contributed by atoms with van der Waals surface area (Å²) < 4.78 is 11.4. The largest absolute Gasteiger partial charge is 0.497 e. The van der Waals surface area contributed by atoms with Crippen LogP contribution in [0, 0.1) is 0 Å². The predicted octanol–water partition coefficient (Wildman–Crippen LogP) is 3.78. The summed E-state index contributed by atoms with van der Waals surface area (Å²) in [5.41, 5.74) is 2.96. The first-order chi connectivity index (χ1) is 14.2. The Morgan fingerprint density at radius 3 is 2.59 bits per heavy atom. The highest BCUT2D eigenvalue weighted by Crippen LogP contribution is 2.36. The zero-order chi connectivity index (χ0) is 20.1. The van der Waals surface area contributed by atoms with Crippen LogP contribution in [-0.2, 0) is 16.8 Å². The highest BCUT2D eigenvalue weighted by molar-refractivity contribution is 5.69. The molecule has 2 N–H and O–H groups in total. The molecule has 1 saturated heterocycles. The van der Waals surface area contributed by atoms with Crippen molar-refractivity contribution in [3.05, 3.63) is 90.0 Å². The lowest BCUT2D eigenvalue weighted by Gasteiger charge is -2.39. The number of benzene rings is 3. The van der Waals surface area contributed by atoms with Crippen molar-refractivity contribution in [3.63, 3.8) is 0 Å². The SMILES string of the molecule is COc1cccc(-c2ccccc2CC(O)(c2ccccc2)C2CNCCO2)c1. The van der Waals surface area contributed by atoms with E-state index in [0.717, 1.165) is 34.5 Å². The van der Waals surface area contributed by atoms with Crippen molar-refractivity contribution in [2.24, 2.45) is 0 Å². The van der Waals surface area contributed by atoms with Gasteiger partial charge >= 0.3 is 0 Å². The maximum Gasteiger partial charge on any atom is 0.121 e. The van der Waals surface area contributed by atoms with E-state index in [2.05, 4.69) is 23.5 Å². The zero-order valence-corrected chi connectivity index (χ0v) is 16.7. The maximum atomic E-state index is 11.9. The molecule has 3 aromatic rings. The summed E-state index contributed by atoms with van der Waals surface area (Å²) in [6.45, 7) is 2.02. The second kappa shape index (κ2) is 8.78. The van der Waals surface area contributed by atoms with Gasteiger partial charge in [-0.2, -0.15) is 0 Å². The minimum Gasteiger partial charge on any atom is -0.497 e. The fraction of sp³-hybridized carbons (Fsp3) is 0.280. The fourth-order valence-electron chi connectivity index (χ4n) is 4.04. The van der Waals surface area contributed by atoms with E-state index in [9.17, 15) is 5.11 Å². The van der Waals surface area contributed by atoms with Gasteiger partial charge in [0, 0.05) is 19.5 Å². The fourth-order valence-corrected chi connectivity index (χ4v) is 4.04. The third-order valence-electron chi connectivity index (χ3n) is 5.59. The number of ether oxygens (including phenoxy) is 2. The van der Waals surface area contributed by atoms with Gasteiger partial charge in [0.05, 0.1) is 13.7 Å². The van der Waals surface area contributed by atoms with Crippen molar-refractivity contribution < 1.29 is 14.6 Å². The molecule has 1 aliphatic rings. The Balaban J connectivity index is 1.75. The smallest absolute Gasteiger partial charge is 0.121 e. The van der Waals surface area contributed by atoms with Crippen molar-refractivity contribution in [1.29, 1.82) is 0 Å². The lowest BCUT2D eigenvalue weighted by atomic mass is 9.80. The van der Waals surface area contributed by atoms with Crippen LogP contribution >= 0.6 is 0 Å². The summed E-state index contributed by atoms with van der Waals surface area (Å²) >= 11 is 0. The van der Waals surface area contributed by atoms with Crippen molar-refractivity contribution in [1.82, 2.24) is 5.32 Å². The number of methoxy groups -OCH3 is 1. The number of aliphatic hydroxyl groups is 1. The van der Waals surface area contributed by atoms with E-state index in [1.54, 1.807) is 7.11 Å². The molecule has 0 spiro atoms. The summed E-state index contributed by atoms with van der Waals surface area (Å²) in [5, 5.41) is 15.3. The third-order valence-corrected chi connectivity index (χ3v) is 5.59. The van der Waals surface area contributed by atoms with Gasteiger partial charge in [0.15, 0.2) is 0 Å². The minimum absolute atomic E-state index is 0.322. The van der Waals surface area contributed by atoms with Crippen LogP contribution in [-0.4, -0.2) is 38.0 Å². The Hall–Kier alpha value is -2.66. The van der Waals surface area contributed by atoms with Crippen LogP contribution in [0.1, 0.15) is 11.1 Å². The highest BCUT2D eigenvalue weighted by atomic mass is 16.5. The molecule has 1 heterocycles. The van der Waals surface area contributed by atoms with Gasteiger partial charge < -0.3 is 19.9 Å². The molecule has 2 atom stereocenters. The molecule has 2 unspecified atom stereocenters. The first kappa shape index (κ1) is 19.6. The van der Waals surface area contributed by atoms with Crippen LogP contribution < -0.4 is 10.1 Å². The van der Waals surface area contributed by atoms with Crippen LogP contribution in [0.2, 0.25) is 0 Å². The van der Waals surface area contributed by atoms with E-state index >= 15 is 0 Å². The normalized spacial score (nSPS) is 18.8. The van der Waals surface area contributed by atoms with Gasteiger partial charge in [-0.15, -0.1) is 0 Å². The molecule has 0 aliphatic carbocycles. The molecule has 1 fully saturated rings. The Labute approximate surface area is 172 Å². The Kier molecular flexibility index (Phi) is 5.95. The first-order valence-electron chi connectivity index (χ1n) is 10.0.